The minimum atomic E-state index is 0.328. The first-order valence-corrected chi connectivity index (χ1v) is 7.16. The summed E-state index contributed by atoms with van der Waals surface area (Å²) in [4.78, 5) is 2.56. The maximum Gasteiger partial charge on any atom is 0.0546 e. The van der Waals surface area contributed by atoms with E-state index in [9.17, 15) is 0 Å². The van der Waals surface area contributed by atoms with E-state index in [0.717, 1.165) is 39.4 Å². The van der Waals surface area contributed by atoms with Crippen LogP contribution in [0, 0.1) is 5.41 Å². The standard InChI is InChI=1S/C14H30N2O/c1-5-15-10-14(8-7-9-17-12-14)11-16(6-2)13(3)4/h13,15H,5-12H2,1-4H3. The highest BCUT2D eigenvalue weighted by Gasteiger charge is 2.34. The Kier molecular flexibility index (Phi) is 6.45. The maximum absolute atomic E-state index is 5.74. The number of hydrogen-bond donors (Lipinski definition) is 1. The van der Waals surface area contributed by atoms with Gasteiger partial charge in [0.25, 0.3) is 0 Å². The zero-order chi connectivity index (χ0) is 12.7. The van der Waals surface area contributed by atoms with Crippen molar-refractivity contribution in [3.63, 3.8) is 0 Å². The van der Waals surface area contributed by atoms with Crippen LogP contribution >= 0.6 is 0 Å². The van der Waals surface area contributed by atoms with Crippen LogP contribution in [0.15, 0.2) is 0 Å². The Balaban J connectivity index is 2.61. The Morgan fingerprint density at radius 3 is 2.59 bits per heavy atom. The van der Waals surface area contributed by atoms with Gasteiger partial charge in [0.05, 0.1) is 6.61 Å². The second-order valence-electron chi connectivity index (χ2n) is 5.59. The zero-order valence-corrected chi connectivity index (χ0v) is 12.1. The number of nitrogens with one attached hydrogen (secondary N) is 1. The van der Waals surface area contributed by atoms with E-state index in [1.165, 1.54) is 12.8 Å². The van der Waals surface area contributed by atoms with Gasteiger partial charge in [-0.05, 0) is 39.8 Å². The highest BCUT2D eigenvalue weighted by molar-refractivity contribution is 4.87. The lowest BCUT2D eigenvalue weighted by atomic mass is 9.81. The van der Waals surface area contributed by atoms with Crippen LogP contribution in [0.4, 0.5) is 0 Å². The Labute approximate surface area is 107 Å². The number of rotatable bonds is 7. The van der Waals surface area contributed by atoms with Crippen LogP contribution in [0.5, 0.6) is 0 Å². The summed E-state index contributed by atoms with van der Waals surface area (Å²) in [5.41, 5.74) is 0.328. The molecule has 1 N–H and O–H groups in total. The zero-order valence-electron chi connectivity index (χ0n) is 12.1. The predicted octanol–water partition coefficient (Wildman–Crippen LogP) is 2.12. The van der Waals surface area contributed by atoms with E-state index in [2.05, 4.69) is 37.9 Å². The van der Waals surface area contributed by atoms with Gasteiger partial charge in [-0.1, -0.05) is 13.8 Å². The molecule has 0 spiro atoms. The molecule has 1 unspecified atom stereocenters. The molecule has 0 aliphatic carbocycles. The summed E-state index contributed by atoms with van der Waals surface area (Å²) in [6, 6.07) is 0.625. The number of hydrogen-bond acceptors (Lipinski definition) is 3. The van der Waals surface area contributed by atoms with Crippen LogP contribution in [0.2, 0.25) is 0 Å². The first-order valence-electron chi connectivity index (χ1n) is 7.16. The molecule has 3 heteroatoms. The molecule has 1 rings (SSSR count). The molecule has 1 aliphatic heterocycles. The number of ether oxygens (including phenoxy) is 1. The van der Waals surface area contributed by atoms with Gasteiger partial charge in [0.15, 0.2) is 0 Å². The summed E-state index contributed by atoms with van der Waals surface area (Å²) in [6.07, 6.45) is 2.50. The summed E-state index contributed by atoms with van der Waals surface area (Å²) in [5.74, 6) is 0. The van der Waals surface area contributed by atoms with E-state index in [4.69, 9.17) is 4.74 Å². The van der Waals surface area contributed by atoms with Gasteiger partial charge in [-0.15, -0.1) is 0 Å². The molecule has 17 heavy (non-hydrogen) atoms. The first kappa shape index (κ1) is 14.9. The van der Waals surface area contributed by atoms with Gasteiger partial charge in [-0.25, -0.2) is 0 Å². The molecule has 0 bridgehead atoms. The largest absolute Gasteiger partial charge is 0.381 e. The molecular weight excluding hydrogens is 212 g/mol. The van der Waals surface area contributed by atoms with Crippen LogP contribution in [0.25, 0.3) is 0 Å². The molecule has 102 valence electrons. The van der Waals surface area contributed by atoms with E-state index < -0.39 is 0 Å². The Hall–Kier alpha value is -0.120. The molecular formula is C14H30N2O. The highest BCUT2D eigenvalue weighted by Crippen LogP contribution is 2.29. The molecule has 0 aromatic carbocycles. The van der Waals surface area contributed by atoms with Crippen molar-refractivity contribution in [2.45, 2.75) is 46.6 Å². The summed E-state index contributed by atoms with van der Waals surface area (Å²) in [6.45, 7) is 15.3. The molecule has 1 aliphatic rings. The predicted molar refractivity (Wildman–Crippen MR) is 73.4 cm³/mol. The SMILES string of the molecule is CCNCC1(CN(CC)C(C)C)CCCOC1. The Bertz CT molecular complexity index is 200. The maximum atomic E-state index is 5.74. The minimum absolute atomic E-state index is 0.328. The average Bonchev–Trinajstić information content (AvgIpc) is 2.34. The van der Waals surface area contributed by atoms with Gasteiger partial charge in [-0.3, -0.25) is 0 Å². The lowest BCUT2D eigenvalue weighted by Crippen LogP contribution is -2.50. The third-order valence-corrected chi connectivity index (χ3v) is 3.83. The van der Waals surface area contributed by atoms with Crippen LogP contribution in [-0.2, 0) is 4.74 Å². The van der Waals surface area contributed by atoms with Gasteiger partial charge >= 0.3 is 0 Å². The van der Waals surface area contributed by atoms with Crippen molar-refractivity contribution in [3.05, 3.63) is 0 Å². The summed E-state index contributed by atoms with van der Waals surface area (Å²) < 4.78 is 5.74. The lowest BCUT2D eigenvalue weighted by molar-refractivity contribution is -0.0297. The number of nitrogens with zero attached hydrogens (tertiary/aromatic N) is 1. The second kappa shape index (κ2) is 7.34. The Morgan fingerprint density at radius 1 is 1.35 bits per heavy atom. The monoisotopic (exact) mass is 242 g/mol. The molecule has 1 heterocycles. The third kappa shape index (κ3) is 4.57. The van der Waals surface area contributed by atoms with Gasteiger partial charge in [-0.2, -0.15) is 0 Å². The molecule has 1 fully saturated rings. The molecule has 0 aromatic heterocycles. The topological polar surface area (TPSA) is 24.5 Å². The van der Waals surface area contributed by atoms with Crippen molar-refractivity contribution >= 4 is 0 Å². The quantitative estimate of drug-likeness (QED) is 0.740. The highest BCUT2D eigenvalue weighted by atomic mass is 16.5. The van der Waals surface area contributed by atoms with E-state index >= 15 is 0 Å². The van der Waals surface area contributed by atoms with Gasteiger partial charge in [0, 0.05) is 31.2 Å². The van der Waals surface area contributed by atoms with Crippen molar-refractivity contribution in [3.8, 4) is 0 Å². The van der Waals surface area contributed by atoms with Crippen molar-refractivity contribution in [1.82, 2.24) is 10.2 Å². The smallest absolute Gasteiger partial charge is 0.0546 e. The van der Waals surface area contributed by atoms with E-state index in [1.54, 1.807) is 0 Å². The van der Waals surface area contributed by atoms with Gasteiger partial charge in [0.2, 0.25) is 0 Å². The second-order valence-corrected chi connectivity index (χ2v) is 5.59. The summed E-state index contributed by atoms with van der Waals surface area (Å²) >= 11 is 0. The van der Waals surface area contributed by atoms with Crippen LogP contribution < -0.4 is 5.32 Å². The molecule has 0 radical (unpaired) electrons. The van der Waals surface area contributed by atoms with E-state index in [1.807, 2.05) is 0 Å². The summed E-state index contributed by atoms with van der Waals surface area (Å²) in [7, 11) is 0. The molecule has 0 saturated carbocycles. The lowest BCUT2D eigenvalue weighted by Gasteiger charge is -2.42. The van der Waals surface area contributed by atoms with Crippen molar-refractivity contribution in [2.75, 3.05) is 39.4 Å². The fourth-order valence-electron chi connectivity index (χ4n) is 2.71. The molecule has 0 amide bonds. The van der Waals surface area contributed by atoms with Crippen LogP contribution in [0.3, 0.4) is 0 Å². The average molecular weight is 242 g/mol. The van der Waals surface area contributed by atoms with E-state index in [0.29, 0.717) is 11.5 Å². The minimum Gasteiger partial charge on any atom is -0.381 e. The van der Waals surface area contributed by atoms with Crippen molar-refractivity contribution < 1.29 is 4.74 Å². The normalized spacial score (nSPS) is 25.8. The van der Waals surface area contributed by atoms with Gasteiger partial charge in [0.1, 0.15) is 0 Å². The van der Waals surface area contributed by atoms with Crippen LogP contribution in [-0.4, -0.2) is 50.3 Å². The third-order valence-electron chi connectivity index (χ3n) is 3.83. The molecule has 3 nitrogen and oxygen atoms in total. The van der Waals surface area contributed by atoms with Crippen molar-refractivity contribution in [2.24, 2.45) is 5.41 Å². The van der Waals surface area contributed by atoms with E-state index in [-0.39, 0.29) is 0 Å². The summed E-state index contributed by atoms with van der Waals surface area (Å²) in [5, 5.41) is 3.52. The molecule has 1 atom stereocenters. The first-order chi connectivity index (χ1) is 8.13. The van der Waals surface area contributed by atoms with Crippen LogP contribution in [0.1, 0.15) is 40.5 Å². The molecule has 1 saturated heterocycles. The fraction of sp³-hybridized carbons (Fsp3) is 1.00. The Morgan fingerprint density at radius 2 is 2.12 bits per heavy atom. The van der Waals surface area contributed by atoms with Gasteiger partial charge < -0.3 is 15.0 Å². The molecule has 0 aromatic rings. The van der Waals surface area contributed by atoms with Crippen molar-refractivity contribution in [1.29, 1.82) is 0 Å². The fourth-order valence-corrected chi connectivity index (χ4v) is 2.71.